The van der Waals surface area contributed by atoms with Gasteiger partial charge in [-0.05, 0) is 28.1 Å². The van der Waals surface area contributed by atoms with Crippen LogP contribution in [-0.4, -0.2) is 40.8 Å². The molecular weight excluding hydrogens is 291 g/mol. The standard InChI is InChI=1S/C11H10BrFN2O2/c12-10-3-1-2-8(14-10)11(17)9-4-7(13)5-15(9)6-16/h1-3,6-7,9H,4-5H2/t7-,9+/m1/s1. The highest BCUT2D eigenvalue weighted by Gasteiger charge is 2.37. The van der Waals surface area contributed by atoms with Crippen LogP contribution in [0, 0.1) is 0 Å². The minimum Gasteiger partial charge on any atom is -0.332 e. The summed E-state index contributed by atoms with van der Waals surface area (Å²) < 4.78 is 13.7. The Bertz CT molecular complexity index is 455. The summed E-state index contributed by atoms with van der Waals surface area (Å²) in [6.07, 6.45) is -0.576. The SMILES string of the molecule is O=CN1C[C@H](F)C[C@H]1C(=O)c1cccc(Br)n1. The van der Waals surface area contributed by atoms with Gasteiger partial charge >= 0.3 is 0 Å². The van der Waals surface area contributed by atoms with Crippen LogP contribution in [0.25, 0.3) is 0 Å². The van der Waals surface area contributed by atoms with E-state index in [9.17, 15) is 14.0 Å². The Morgan fingerprint density at radius 1 is 1.59 bits per heavy atom. The number of alkyl halides is 1. The predicted octanol–water partition coefficient (Wildman–Crippen LogP) is 1.60. The Morgan fingerprint density at radius 2 is 2.35 bits per heavy atom. The number of Topliss-reactive ketones (excluding diaryl/α,β-unsaturated/α-hetero) is 1. The van der Waals surface area contributed by atoms with Crippen LogP contribution in [-0.2, 0) is 4.79 Å². The van der Waals surface area contributed by atoms with Crippen molar-refractivity contribution >= 4 is 28.1 Å². The molecule has 0 aliphatic carbocycles. The van der Waals surface area contributed by atoms with Crippen LogP contribution < -0.4 is 0 Å². The van der Waals surface area contributed by atoms with Crippen LogP contribution in [0.4, 0.5) is 4.39 Å². The van der Waals surface area contributed by atoms with Crippen LogP contribution in [0.5, 0.6) is 0 Å². The number of hydrogen-bond acceptors (Lipinski definition) is 3. The number of ketones is 1. The van der Waals surface area contributed by atoms with Crippen molar-refractivity contribution in [2.24, 2.45) is 0 Å². The molecule has 0 aromatic carbocycles. The van der Waals surface area contributed by atoms with Gasteiger partial charge in [0.25, 0.3) is 0 Å². The number of carbonyl (C=O) groups is 2. The summed E-state index contributed by atoms with van der Waals surface area (Å²) in [7, 11) is 0. The van der Waals surface area contributed by atoms with E-state index in [1.54, 1.807) is 18.2 Å². The Kier molecular flexibility index (Phi) is 3.51. The molecule has 0 unspecified atom stereocenters. The van der Waals surface area contributed by atoms with Gasteiger partial charge in [-0.15, -0.1) is 0 Å². The minimum atomic E-state index is -1.14. The van der Waals surface area contributed by atoms with E-state index in [4.69, 9.17) is 0 Å². The summed E-state index contributed by atoms with van der Waals surface area (Å²) in [5, 5.41) is 0. The molecule has 1 aromatic rings. The summed E-state index contributed by atoms with van der Waals surface area (Å²) in [6.45, 7) is -0.0199. The zero-order valence-electron chi connectivity index (χ0n) is 8.85. The molecule has 0 saturated carbocycles. The molecule has 1 aliphatic rings. The van der Waals surface area contributed by atoms with Gasteiger partial charge in [0.1, 0.15) is 16.5 Å². The molecule has 2 rings (SSSR count). The lowest BCUT2D eigenvalue weighted by atomic mass is 10.1. The average Bonchev–Trinajstić information content (AvgIpc) is 2.69. The Labute approximate surface area is 106 Å². The number of hydrogen-bond donors (Lipinski definition) is 0. The summed E-state index contributed by atoms with van der Waals surface area (Å²) in [4.78, 5) is 28.0. The highest BCUT2D eigenvalue weighted by Crippen LogP contribution is 2.22. The molecule has 1 amide bonds. The first kappa shape index (κ1) is 12.2. The molecule has 2 heterocycles. The second-order valence-electron chi connectivity index (χ2n) is 3.86. The molecule has 17 heavy (non-hydrogen) atoms. The molecule has 0 N–H and O–H groups in total. The second-order valence-corrected chi connectivity index (χ2v) is 4.67. The van der Waals surface area contributed by atoms with Crippen LogP contribution >= 0.6 is 15.9 Å². The average molecular weight is 301 g/mol. The molecule has 1 aromatic heterocycles. The first-order valence-electron chi connectivity index (χ1n) is 5.13. The minimum absolute atomic E-state index is 0.0199. The number of carbonyl (C=O) groups excluding carboxylic acids is 2. The van der Waals surface area contributed by atoms with Gasteiger partial charge in [-0.3, -0.25) is 9.59 Å². The lowest BCUT2D eigenvalue weighted by Crippen LogP contribution is -2.35. The van der Waals surface area contributed by atoms with Gasteiger partial charge in [-0.2, -0.15) is 0 Å². The second kappa shape index (κ2) is 4.91. The fraction of sp³-hybridized carbons (Fsp3) is 0.364. The summed E-state index contributed by atoms with van der Waals surface area (Å²) >= 11 is 3.16. The monoisotopic (exact) mass is 300 g/mol. The summed E-state index contributed by atoms with van der Waals surface area (Å²) in [5.41, 5.74) is 0.241. The molecule has 90 valence electrons. The van der Waals surface area contributed by atoms with Crippen molar-refractivity contribution in [3.8, 4) is 0 Å². The number of amides is 1. The molecule has 0 bridgehead atoms. The molecule has 6 heteroatoms. The van der Waals surface area contributed by atoms with Gasteiger partial charge in [0.2, 0.25) is 12.2 Å². The van der Waals surface area contributed by atoms with Crippen molar-refractivity contribution in [3.63, 3.8) is 0 Å². The fourth-order valence-electron chi connectivity index (χ4n) is 1.90. The van der Waals surface area contributed by atoms with E-state index in [0.717, 1.165) is 0 Å². The van der Waals surface area contributed by atoms with Crippen LogP contribution in [0.2, 0.25) is 0 Å². The Morgan fingerprint density at radius 3 is 3.00 bits per heavy atom. The molecule has 1 aliphatic heterocycles. The first-order chi connectivity index (χ1) is 8.11. The molecule has 1 fully saturated rings. The van der Waals surface area contributed by atoms with E-state index >= 15 is 0 Å². The Hall–Kier alpha value is -1.30. The highest BCUT2D eigenvalue weighted by atomic mass is 79.9. The number of halogens is 2. The third kappa shape index (κ3) is 2.52. The lowest BCUT2D eigenvalue weighted by molar-refractivity contribution is -0.118. The quantitative estimate of drug-likeness (QED) is 0.484. The van der Waals surface area contributed by atoms with Crippen molar-refractivity contribution in [1.29, 1.82) is 0 Å². The van der Waals surface area contributed by atoms with Crippen molar-refractivity contribution in [3.05, 3.63) is 28.5 Å². The maximum atomic E-state index is 13.2. The molecular formula is C11H10BrFN2O2. The zero-order valence-corrected chi connectivity index (χ0v) is 10.4. The van der Waals surface area contributed by atoms with Crippen molar-refractivity contribution < 1.29 is 14.0 Å². The topological polar surface area (TPSA) is 50.3 Å². The fourth-order valence-corrected chi connectivity index (χ4v) is 2.24. The van der Waals surface area contributed by atoms with Crippen LogP contribution in [0.1, 0.15) is 16.9 Å². The van der Waals surface area contributed by atoms with Gasteiger partial charge in [-0.25, -0.2) is 9.37 Å². The highest BCUT2D eigenvalue weighted by molar-refractivity contribution is 9.10. The largest absolute Gasteiger partial charge is 0.332 e. The number of rotatable bonds is 3. The van der Waals surface area contributed by atoms with Gasteiger partial charge in [0.15, 0.2) is 0 Å². The van der Waals surface area contributed by atoms with Gasteiger partial charge < -0.3 is 4.90 Å². The van der Waals surface area contributed by atoms with E-state index in [1.807, 2.05) is 0 Å². The maximum Gasteiger partial charge on any atom is 0.210 e. The molecule has 0 radical (unpaired) electrons. The van der Waals surface area contributed by atoms with E-state index in [-0.39, 0.29) is 24.4 Å². The molecule has 2 atom stereocenters. The number of nitrogens with zero attached hydrogens (tertiary/aromatic N) is 2. The van der Waals surface area contributed by atoms with Gasteiger partial charge in [-0.1, -0.05) is 6.07 Å². The smallest absolute Gasteiger partial charge is 0.210 e. The van der Waals surface area contributed by atoms with E-state index in [1.165, 1.54) is 4.90 Å². The van der Waals surface area contributed by atoms with E-state index in [2.05, 4.69) is 20.9 Å². The third-order valence-electron chi connectivity index (χ3n) is 2.69. The molecule has 4 nitrogen and oxygen atoms in total. The first-order valence-corrected chi connectivity index (χ1v) is 5.93. The zero-order chi connectivity index (χ0) is 12.4. The number of aromatic nitrogens is 1. The summed E-state index contributed by atoms with van der Waals surface area (Å²) in [6, 6.07) is 4.20. The van der Waals surface area contributed by atoms with Crippen molar-refractivity contribution in [2.45, 2.75) is 18.6 Å². The molecule has 1 saturated heterocycles. The van der Waals surface area contributed by atoms with Crippen molar-refractivity contribution in [1.82, 2.24) is 9.88 Å². The number of likely N-dealkylation sites (tertiary alicyclic amines) is 1. The normalized spacial score (nSPS) is 23.8. The Balaban J connectivity index is 2.22. The van der Waals surface area contributed by atoms with Crippen LogP contribution in [0.15, 0.2) is 22.8 Å². The van der Waals surface area contributed by atoms with Crippen molar-refractivity contribution in [2.75, 3.05) is 6.54 Å². The van der Waals surface area contributed by atoms with Gasteiger partial charge in [0.05, 0.1) is 12.6 Å². The maximum absolute atomic E-state index is 13.2. The molecule has 0 spiro atoms. The lowest BCUT2D eigenvalue weighted by Gasteiger charge is -2.17. The summed E-state index contributed by atoms with van der Waals surface area (Å²) in [5.74, 6) is -0.321. The third-order valence-corrected chi connectivity index (χ3v) is 3.14. The van der Waals surface area contributed by atoms with Gasteiger partial charge in [0, 0.05) is 6.42 Å². The van der Waals surface area contributed by atoms with E-state index < -0.39 is 12.2 Å². The van der Waals surface area contributed by atoms with E-state index in [0.29, 0.717) is 11.0 Å². The number of pyridine rings is 1. The van der Waals surface area contributed by atoms with Crippen LogP contribution in [0.3, 0.4) is 0 Å². The predicted molar refractivity (Wildman–Crippen MR) is 62.3 cm³/mol.